The number of carbonyl (C=O) groups is 2. The van der Waals surface area contributed by atoms with Crippen LogP contribution in [0.5, 0.6) is 5.75 Å². The van der Waals surface area contributed by atoms with Crippen molar-refractivity contribution >= 4 is 23.7 Å². The largest absolute Gasteiger partial charge is 0.492 e. The molecule has 1 spiro atoms. The minimum atomic E-state index is -2.58. The summed E-state index contributed by atoms with van der Waals surface area (Å²) in [5.41, 5.74) is 12.3. The molecule has 2 amide bonds. The molecular weight excluding hydrogens is 528 g/mol. The summed E-state index contributed by atoms with van der Waals surface area (Å²) in [5.74, 6) is -2.83. The third kappa shape index (κ3) is 4.06. The number of rotatable bonds is 5. The first-order chi connectivity index (χ1) is 19.5. The number of hydrogen-bond acceptors (Lipinski definition) is 10. The van der Waals surface area contributed by atoms with E-state index in [2.05, 4.69) is 40.1 Å². The summed E-state index contributed by atoms with van der Waals surface area (Å²) in [7, 11) is 0. The number of nitrogens with two attached hydrogens (primary N) is 2. The standard InChI is InChI=1S/C28H34N8O5/c1-26(2)11-12-41-20-16(9-6-10-17(20)26)23(38)33-19-14-36-25(30)32-18(13-31-22(37)15-7-4-3-5-8-15)21-27(36,28(19,39)40)35-24(29)34-21/h3-10,18-19,21,39-40H,11-14H2,1-2H3,(H7,29,30,31,32,33,34,35,37,38)/p+1/t18-,19?,21-,27-/m0/s1. The molecule has 0 saturated carbocycles. The fourth-order valence-corrected chi connectivity index (χ4v) is 6.40. The summed E-state index contributed by atoms with van der Waals surface area (Å²) in [5, 5.41) is 35.1. The number of nitrogens with one attached hydrogen (secondary N) is 4. The average molecular weight is 564 g/mol. The van der Waals surface area contributed by atoms with Crippen molar-refractivity contribution in [1.29, 1.82) is 0 Å². The molecule has 13 nitrogen and oxygen atoms in total. The first-order valence-electron chi connectivity index (χ1n) is 13.6. The van der Waals surface area contributed by atoms with Gasteiger partial charge < -0.3 is 36.6 Å². The minimum absolute atomic E-state index is 0.0249. The number of carbonyl (C=O) groups excluding carboxylic acids is 2. The summed E-state index contributed by atoms with van der Waals surface area (Å²) >= 11 is 0. The number of aliphatic hydroxyl groups is 2. The molecular formula is C28H35N8O5+. The molecule has 0 bridgehead atoms. The van der Waals surface area contributed by atoms with Gasteiger partial charge in [-0.25, -0.2) is 9.57 Å². The highest BCUT2D eigenvalue weighted by atomic mass is 16.5. The lowest BCUT2D eigenvalue weighted by Gasteiger charge is -2.43. The van der Waals surface area contributed by atoms with Crippen LogP contribution in [0.2, 0.25) is 0 Å². The molecule has 2 aromatic carbocycles. The van der Waals surface area contributed by atoms with Crippen LogP contribution in [0, 0.1) is 0 Å². The lowest BCUT2D eigenvalue weighted by Crippen LogP contribution is -2.79. The molecule has 2 aromatic rings. The zero-order valence-corrected chi connectivity index (χ0v) is 22.8. The molecule has 6 rings (SSSR count). The predicted molar refractivity (Wildman–Crippen MR) is 149 cm³/mol. The Morgan fingerprint density at radius 1 is 1.12 bits per heavy atom. The number of hydrogen-bond donors (Lipinski definition) is 8. The zero-order chi connectivity index (χ0) is 29.2. The van der Waals surface area contributed by atoms with E-state index in [0.717, 1.165) is 12.0 Å². The summed E-state index contributed by atoms with van der Waals surface area (Å²) in [6, 6.07) is 11.3. The molecule has 0 radical (unpaired) electrons. The molecule has 0 aliphatic carbocycles. The number of para-hydroxylation sites is 1. The molecule has 1 unspecified atom stereocenters. The first kappa shape index (κ1) is 26.8. The van der Waals surface area contributed by atoms with Crippen LogP contribution in [-0.2, 0) is 5.41 Å². The van der Waals surface area contributed by atoms with Gasteiger partial charge in [0.25, 0.3) is 11.8 Å². The van der Waals surface area contributed by atoms with Crippen molar-refractivity contribution in [3.05, 3.63) is 65.2 Å². The van der Waals surface area contributed by atoms with Crippen molar-refractivity contribution in [2.45, 2.75) is 55.3 Å². The van der Waals surface area contributed by atoms with Gasteiger partial charge in [0.15, 0.2) is 5.96 Å². The van der Waals surface area contributed by atoms with Gasteiger partial charge in [-0.05, 0) is 30.0 Å². The molecule has 1 saturated heterocycles. The second-order valence-corrected chi connectivity index (χ2v) is 11.6. The highest BCUT2D eigenvalue weighted by Gasteiger charge is 2.75. The Hall–Kier alpha value is -4.36. The number of fused-ring (bicyclic) bond motifs is 1. The Labute approximate surface area is 236 Å². The van der Waals surface area contributed by atoms with Gasteiger partial charge in [0.05, 0.1) is 25.3 Å². The van der Waals surface area contributed by atoms with E-state index in [1.54, 1.807) is 36.4 Å². The normalized spacial score (nSPS) is 28.6. The van der Waals surface area contributed by atoms with Crippen molar-refractivity contribution in [1.82, 2.24) is 21.3 Å². The van der Waals surface area contributed by atoms with E-state index in [9.17, 15) is 19.8 Å². The van der Waals surface area contributed by atoms with E-state index in [1.165, 1.54) is 4.58 Å². The van der Waals surface area contributed by atoms with Crippen LogP contribution in [0.15, 0.2) is 53.5 Å². The van der Waals surface area contributed by atoms with Crippen molar-refractivity contribution in [3.8, 4) is 5.75 Å². The van der Waals surface area contributed by atoms with Gasteiger partial charge in [0, 0.05) is 11.1 Å². The minimum Gasteiger partial charge on any atom is -0.492 e. The molecule has 0 aromatic heterocycles. The van der Waals surface area contributed by atoms with Gasteiger partial charge in [-0.1, -0.05) is 44.2 Å². The third-order valence-electron chi connectivity index (χ3n) is 8.65. The lowest BCUT2D eigenvalue weighted by molar-refractivity contribution is -0.623. The second kappa shape index (κ2) is 9.35. The Bertz CT molecular complexity index is 1470. The molecule has 4 aliphatic heterocycles. The molecule has 10 N–H and O–H groups in total. The van der Waals surface area contributed by atoms with E-state index in [4.69, 9.17) is 16.2 Å². The molecule has 4 aliphatic rings. The molecule has 4 atom stereocenters. The van der Waals surface area contributed by atoms with Crippen LogP contribution in [0.4, 0.5) is 0 Å². The van der Waals surface area contributed by atoms with Crippen LogP contribution in [0.1, 0.15) is 46.5 Å². The average Bonchev–Trinajstić information content (AvgIpc) is 3.41. The van der Waals surface area contributed by atoms with Crippen LogP contribution in [-0.4, -0.2) is 87.8 Å². The monoisotopic (exact) mass is 563 g/mol. The maximum atomic E-state index is 13.6. The molecule has 1 fully saturated rings. The van der Waals surface area contributed by atoms with Crippen molar-refractivity contribution in [3.63, 3.8) is 0 Å². The summed E-state index contributed by atoms with van der Waals surface area (Å²) < 4.78 is 7.42. The Kier molecular flexibility index (Phi) is 6.12. The molecule has 13 heteroatoms. The second-order valence-electron chi connectivity index (χ2n) is 11.6. The SMILES string of the molecule is CC1(C)CCOc2c(C(=O)NC3C[N+]4=C(N)N[C@@H](CNC(=O)c5ccccc5)[C@@H]5N=C(N)N[C@@]54C3(O)O)cccc21. The van der Waals surface area contributed by atoms with Gasteiger partial charge >= 0.3 is 5.96 Å². The zero-order valence-electron chi connectivity index (χ0n) is 22.8. The number of benzene rings is 2. The number of ether oxygens (including phenoxy) is 1. The van der Waals surface area contributed by atoms with E-state index in [1.807, 2.05) is 12.1 Å². The highest BCUT2D eigenvalue weighted by Crippen LogP contribution is 2.43. The first-order valence-corrected chi connectivity index (χ1v) is 13.6. The Morgan fingerprint density at radius 2 is 1.88 bits per heavy atom. The van der Waals surface area contributed by atoms with Crippen LogP contribution in [0.25, 0.3) is 0 Å². The van der Waals surface area contributed by atoms with Gasteiger partial charge in [-0.3, -0.25) is 20.6 Å². The van der Waals surface area contributed by atoms with Crippen LogP contribution in [0.3, 0.4) is 0 Å². The van der Waals surface area contributed by atoms with Crippen LogP contribution >= 0.6 is 0 Å². The lowest BCUT2D eigenvalue weighted by atomic mass is 9.79. The van der Waals surface area contributed by atoms with E-state index < -0.39 is 35.5 Å². The maximum absolute atomic E-state index is 13.6. The van der Waals surface area contributed by atoms with E-state index in [-0.39, 0.29) is 36.3 Å². The van der Waals surface area contributed by atoms with Gasteiger partial charge in [-0.15, -0.1) is 0 Å². The van der Waals surface area contributed by atoms with Crippen LogP contribution < -0.4 is 37.5 Å². The summed E-state index contributed by atoms with van der Waals surface area (Å²) in [6.45, 7) is 4.66. The number of guanidine groups is 2. The van der Waals surface area contributed by atoms with Gasteiger partial charge in [-0.2, -0.15) is 0 Å². The Morgan fingerprint density at radius 3 is 2.63 bits per heavy atom. The fourth-order valence-electron chi connectivity index (χ4n) is 6.40. The van der Waals surface area contributed by atoms with E-state index in [0.29, 0.717) is 23.5 Å². The smallest absolute Gasteiger partial charge is 0.346 e. The third-order valence-corrected chi connectivity index (χ3v) is 8.65. The quantitative estimate of drug-likeness (QED) is 0.154. The van der Waals surface area contributed by atoms with Gasteiger partial charge in [0.2, 0.25) is 11.4 Å². The number of amides is 2. The fraction of sp³-hybridized carbons (Fsp3) is 0.429. The van der Waals surface area contributed by atoms with Crippen molar-refractivity contribution in [2.24, 2.45) is 16.5 Å². The summed E-state index contributed by atoms with van der Waals surface area (Å²) in [4.78, 5) is 30.7. The maximum Gasteiger partial charge on any atom is 0.346 e. The highest BCUT2D eigenvalue weighted by molar-refractivity contribution is 5.98. The van der Waals surface area contributed by atoms with Crippen molar-refractivity contribution in [2.75, 3.05) is 19.7 Å². The molecule has 41 heavy (non-hydrogen) atoms. The summed E-state index contributed by atoms with van der Waals surface area (Å²) in [6.07, 6.45) is 0.811. The molecule has 4 heterocycles. The van der Waals surface area contributed by atoms with E-state index >= 15 is 0 Å². The van der Waals surface area contributed by atoms with Gasteiger partial charge in [0.1, 0.15) is 23.9 Å². The van der Waals surface area contributed by atoms with Crippen molar-refractivity contribution < 1.29 is 29.1 Å². The topological polar surface area (TPSA) is 199 Å². The predicted octanol–water partition coefficient (Wildman–Crippen LogP) is -1.75. The Balaban J connectivity index is 1.27. The molecule has 216 valence electrons. The number of nitrogens with zero attached hydrogens (tertiary/aromatic N) is 2. The number of aliphatic imine (C=N–C) groups is 1.